The highest BCUT2D eigenvalue weighted by Crippen LogP contribution is 2.36. The fraction of sp³-hybridized carbons (Fsp3) is 0.130. The number of anilines is 1. The highest BCUT2D eigenvalue weighted by atomic mass is 32.2. The first-order valence-electron chi connectivity index (χ1n) is 10.0. The molecular weight excluding hydrogens is 515 g/mol. The summed E-state index contributed by atoms with van der Waals surface area (Å²) in [5.41, 5.74) is 0.426. The number of oxazole rings is 1. The number of hydrogen-bond acceptors (Lipinski definition) is 9. The van der Waals surface area contributed by atoms with Crippen LogP contribution in [0.3, 0.4) is 0 Å². The van der Waals surface area contributed by atoms with E-state index in [-0.39, 0.29) is 26.7 Å². The molecule has 0 fully saturated rings. The van der Waals surface area contributed by atoms with Crippen molar-refractivity contribution in [2.24, 2.45) is 0 Å². The van der Waals surface area contributed by atoms with Crippen LogP contribution in [0.2, 0.25) is 0 Å². The Morgan fingerprint density at radius 3 is 2.57 bits per heavy atom. The molecule has 4 rings (SSSR count). The van der Waals surface area contributed by atoms with Gasteiger partial charge in [0, 0.05) is 6.07 Å². The molecule has 0 aliphatic carbocycles. The van der Waals surface area contributed by atoms with Crippen LogP contribution >= 0.6 is 23.1 Å². The molecule has 0 saturated heterocycles. The van der Waals surface area contributed by atoms with Crippen molar-refractivity contribution in [3.63, 3.8) is 0 Å². The summed E-state index contributed by atoms with van der Waals surface area (Å²) < 4.78 is 56.0. The van der Waals surface area contributed by atoms with Gasteiger partial charge in [-0.1, -0.05) is 17.8 Å². The van der Waals surface area contributed by atoms with E-state index in [0.717, 1.165) is 36.0 Å². The van der Waals surface area contributed by atoms with Crippen LogP contribution in [0, 0.1) is 5.82 Å². The molecule has 0 spiro atoms. The second kappa shape index (κ2) is 10.5. The van der Waals surface area contributed by atoms with Gasteiger partial charge in [0.2, 0.25) is 31.8 Å². The van der Waals surface area contributed by atoms with E-state index in [0.29, 0.717) is 22.1 Å². The lowest BCUT2D eigenvalue weighted by atomic mass is 10.2. The maximum Gasteiger partial charge on any atom is 0.238 e. The number of amides is 1. The van der Waals surface area contributed by atoms with Crippen LogP contribution in [0.25, 0.3) is 10.8 Å². The summed E-state index contributed by atoms with van der Waals surface area (Å²) in [7, 11) is -1.15. The van der Waals surface area contributed by atoms with Crippen LogP contribution in [0.1, 0.15) is 0 Å². The maximum absolute atomic E-state index is 13.3. The molecule has 0 unspecified atom stereocenters. The van der Waals surface area contributed by atoms with Crippen LogP contribution in [0.5, 0.6) is 11.5 Å². The number of thiophene rings is 1. The molecule has 8 nitrogen and oxygen atoms in total. The van der Waals surface area contributed by atoms with Gasteiger partial charge in [0.25, 0.3) is 0 Å². The molecule has 1 amide bonds. The van der Waals surface area contributed by atoms with Gasteiger partial charge in [-0.25, -0.2) is 12.8 Å². The lowest BCUT2D eigenvalue weighted by Crippen LogP contribution is -2.15. The number of ether oxygens (including phenoxy) is 2. The summed E-state index contributed by atoms with van der Waals surface area (Å²) in [4.78, 5) is 17.3. The molecule has 12 heteroatoms. The van der Waals surface area contributed by atoms with Crippen molar-refractivity contribution >= 4 is 44.5 Å². The van der Waals surface area contributed by atoms with Crippen molar-refractivity contribution in [1.29, 1.82) is 0 Å². The number of rotatable bonds is 9. The van der Waals surface area contributed by atoms with E-state index in [2.05, 4.69) is 10.3 Å². The van der Waals surface area contributed by atoms with Gasteiger partial charge in [-0.15, -0.1) is 11.3 Å². The largest absolute Gasteiger partial charge is 0.497 e. The minimum absolute atomic E-state index is 0.0467. The molecule has 0 atom stereocenters. The zero-order chi connectivity index (χ0) is 25.0. The standard InChI is InChI=1S/C23H19FN2O6S3/c1-30-15-7-10-17(18(12-15)31-2)25-20(27)13-34-23-22(26-21(32-23)19-4-3-11-33-19)35(28,29)16-8-5-14(24)6-9-16/h3-12H,13H2,1-2H3,(H,25,27). The SMILES string of the molecule is COc1ccc(NC(=O)CSc2oc(-c3cccs3)nc2S(=O)(=O)c2ccc(F)cc2)c(OC)c1. The highest BCUT2D eigenvalue weighted by molar-refractivity contribution is 8.00. The smallest absolute Gasteiger partial charge is 0.238 e. The molecule has 0 aliphatic heterocycles. The Hall–Kier alpha value is -3.35. The Morgan fingerprint density at radius 1 is 1.14 bits per heavy atom. The summed E-state index contributed by atoms with van der Waals surface area (Å²) in [6, 6.07) is 12.9. The van der Waals surface area contributed by atoms with E-state index in [9.17, 15) is 17.6 Å². The number of methoxy groups -OCH3 is 2. The number of benzene rings is 2. The van der Waals surface area contributed by atoms with Crippen LogP contribution in [-0.4, -0.2) is 39.3 Å². The van der Waals surface area contributed by atoms with Crippen LogP contribution < -0.4 is 14.8 Å². The molecule has 2 heterocycles. The van der Waals surface area contributed by atoms with Gasteiger partial charge >= 0.3 is 0 Å². The van der Waals surface area contributed by atoms with E-state index < -0.39 is 21.6 Å². The summed E-state index contributed by atoms with van der Waals surface area (Å²) in [5, 5.41) is 4.14. The number of halogens is 1. The van der Waals surface area contributed by atoms with Crippen molar-refractivity contribution in [1.82, 2.24) is 4.98 Å². The number of thioether (sulfide) groups is 1. The molecule has 4 aromatic rings. The third-order valence-electron chi connectivity index (χ3n) is 4.69. The van der Waals surface area contributed by atoms with E-state index in [1.807, 2.05) is 0 Å². The molecule has 1 N–H and O–H groups in total. The zero-order valence-electron chi connectivity index (χ0n) is 18.5. The molecule has 35 heavy (non-hydrogen) atoms. The van der Waals surface area contributed by atoms with Crippen LogP contribution in [0.15, 0.2) is 79.4 Å². The second-order valence-corrected chi connectivity index (χ2v) is 10.7. The average Bonchev–Trinajstić information content (AvgIpc) is 3.54. The summed E-state index contributed by atoms with van der Waals surface area (Å²) in [5.74, 6) is -0.0727. The fourth-order valence-electron chi connectivity index (χ4n) is 3.00. The normalized spacial score (nSPS) is 11.3. The number of hydrogen-bond donors (Lipinski definition) is 1. The quantitative estimate of drug-likeness (QED) is 0.233. The zero-order valence-corrected chi connectivity index (χ0v) is 20.9. The first-order valence-corrected chi connectivity index (χ1v) is 13.4. The predicted molar refractivity (Wildman–Crippen MR) is 131 cm³/mol. The summed E-state index contributed by atoms with van der Waals surface area (Å²) in [6.07, 6.45) is 0. The number of carbonyl (C=O) groups is 1. The van der Waals surface area contributed by atoms with Crippen molar-refractivity contribution in [2.75, 3.05) is 25.3 Å². The third-order valence-corrected chi connectivity index (χ3v) is 8.31. The molecule has 182 valence electrons. The Balaban J connectivity index is 1.59. The maximum atomic E-state index is 13.3. The highest BCUT2D eigenvalue weighted by Gasteiger charge is 2.29. The predicted octanol–water partition coefficient (Wildman–Crippen LogP) is 5.12. The van der Waals surface area contributed by atoms with Gasteiger partial charge in [0.05, 0.1) is 35.4 Å². The second-order valence-electron chi connectivity index (χ2n) is 6.95. The lowest BCUT2D eigenvalue weighted by Gasteiger charge is -2.11. The Bertz CT molecular complexity index is 1430. The van der Waals surface area contributed by atoms with Crippen molar-refractivity contribution < 1.29 is 31.5 Å². The lowest BCUT2D eigenvalue weighted by molar-refractivity contribution is -0.113. The monoisotopic (exact) mass is 534 g/mol. The molecular formula is C23H19FN2O6S3. The number of nitrogens with one attached hydrogen (secondary N) is 1. The van der Waals surface area contributed by atoms with Gasteiger partial charge in [-0.05, 0) is 47.8 Å². The van der Waals surface area contributed by atoms with Gasteiger partial charge in [0.1, 0.15) is 17.3 Å². The average molecular weight is 535 g/mol. The first kappa shape index (κ1) is 24.8. The number of nitrogens with zero attached hydrogens (tertiary/aromatic N) is 1. The Kier molecular flexibility index (Phi) is 7.43. The van der Waals surface area contributed by atoms with Crippen LogP contribution in [0.4, 0.5) is 10.1 Å². The van der Waals surface area contributed by atoms with Gasteiger partial charge < -0.3 is 19.2 Å². The minimum atomic E-state index is -4.14. The van der Waals surface area contributed by atoms with Crippen molar-refractivity contribution in [3.8, 4) is 22.3 Å². The van der Waals surface area contributed by atoms with Crippen LogP contribution in [-0.2, 0) is 14.6 Å². The number of carbonyl (C=O) groups excluding carboxylic acids is 1. The molecule has 0 radical (unpaired) electrons. The first-order chi connectivity index (χ1) is 16.8. The molecule has 0 aliphatic rings. The van der Waals surface area contributed by atoms with Crippen molar-refractivity contribution in [3.05, 3.63) is 65.8 Å². The molecule has 2 aromatic heterocycles. The van der Waals surface area contributed by atoms with Crippen molar-refractivity contribution in [2.45, 2.75) is 15.0 Å². The fourth-order valence-corrected chi connectivity index (χ4v) is 5.98. The van der Waals surface area contributed by atoms with Gasteiger partial charge in [-0.2, -0.15) is 4.98 Å². The third kappa shape index (κ3) is 5.50. The molecule has 2 aromatic carbocycles. The topological polar surface area (TPSA) is 108 Å². The Morgan fingerprint density at radius 2 is 1.91 bits per heavy atom. The molecule has 0 bridgehead atoms. The van der Waals surface area contributed by atoms with E-state index in [4.69, 9.17) is 13.9 Å². The van der Waals surface area contributed by atoms with Gasteiger partial charge in [0.15, 0.2) is 0 Å². The summed E-state index contributed by atoms with van der Waals surface area (Å²) >= 11 is 2.21. The Labute approximate surface area is 209 Å². The van der Waals surface area contributed by atoms with E-state index >= 15 is 0 Å². The van der Waals surface area contributed by atoms with E-state index in [1.54, 1.807) is 35.7 Å². The minimum Gasteiger partial charge on any atom is -0.497 e. The van der Waals surface area contributed by atoms with E-state index in [1.165, 1.54) is 25.6 Å². The molecule has 0 saturated carbocycles. The van der Waals surface area contributed by atoms with Gasteiger partial charge in [-0.3, -0.25) is 4.79 Å². The summed E-state index contributed by atoms with van der Waals surface area (Å²) in [6.45, 7) is 0. The number of sulfone groups is 1. The number of aromatic nitrogens is 1.